The molecular formula is C24H34N6+2. The van der Waals surface area contributed by atoms with Crippen molar-refractivity contribution in [3.63, 3.8) is 0 Å². The molecule has 30 heavy (non-hydrogen) atoms. The van der Waals surface area contributed by atoms with E-state index < -0.39 is 0 Å². The highest BCUT2D eigenvalue weighted by Gasteiger charge is 2.11. The Morgan fingerprint density at radius 2 is 1.50 bits per heavy atom. The fourth-order valence-corrected chi connectivity index (χ4v) is 2.88. The summed E-state index contributed by atoms with van der Waals surface area (Å²) in [7, 11) is 0. The van der Waals surface area contributed by atoms with Crippen molar-refractivity contribution < 1.29 is 9.36 Å². The summed E-state index contributed by atoms with van der Waals surface area (Å²) in [4.78, 5) is 1.94. The molecule has 0 aliphatic carbocycles. The number of hydrazone groups is 1. The van der Waals surface area contributed by atoms with E-state index in [0.29, 0.717) is 0 Å². The summed E-state index contributed by atoms with van der Waals surface area (Å²) >= 11 is 0. The summed E-state index contributed by atoms with van der Waals surface area (Å²) < 4.78 is 6.39. The van der Waals surface area contributed by atoms with Crippen LogP contribution in [0.4, 0.5) is 0 Å². The number of nitrogens with zero attached hydrogens (tertiary/aromatic N) is 6. The summed E-state index contributed by atoms with van der Waals surface area (Å²) in [6.07, 6.45) is 17.6. The minimum absolute atomic E-state index is 0.917. The van der Waals surface area contributed by atoms with Crippen molar-refractivity contribution >= 4 is 6.21 Å². The molecule has 0 spiro atoms. The Morgan fingerprint density at radius 3 is 2.20 bits per heavy atom. The summed E-state index contributed by atoms with van der Waals surface area (Å²) in [6.45, 7) is 12.2. The van der Waals surface area contributed by atoms with E-state index >= 15 is 0 Å². The van der Waals surface area contributed by atoms with Crippen molar-refractivity contribution in [3.05, 3.63) is 91.2 Å². The minimum Gasteiger partial charge on any atom is -0.162 e. The van der Waals surface area contributed by atoms with Crippen LogP contribution in [0.25, 0.3) is 5.69 Å². The number of hydrogen-bond donors (Lipinski definition) is 0. The Labute approximate surface area is 180 Å². The second-order valence-corrected chi connectivity index (χ2v) is 6.30. The lowest BCUT2D eigenvalue weighted by molar-refractivity contribution is -0.771. The van der Waals surface area contributed by atoms with E-state index in [-0.39, 0.29) is 0 Å². The Kier molecular flexibility index (Phi) is 9.31. The highest BCUT2D eigenvalue weighted by Crippen LogP contribution is 2.06. The monoisotopic (exact) mass is 406 g/mol. The molecule has 6 nitrogen and oxygen atoms in total. The molecule has 2 aromatic heterocycles. The standard InChI is InChI=1S/C12H15N2.C10H13N4.C2H6/c1-3-13-9-4-10-14(13)12-7-5-11(2)6-8-12;1-2-12-8-6-10-14(12)13-9-5-3-4-7-11-13;1-2/h4-10H,3H2,1-2H3;3-10H,2H2,1H3;1-2H3/q2*+1;. The van der Waals surface area contributed by atoms with E-state index in [0.717, 1.165) is 13.1 Å². The van der Waals surface area contributed by atoms with Gasteiger partial charge in [-0.05, 0) is 55.0 Å². The molecule has 0 N–H and O–H groups in total. The van der Waals surface area contributed by atoms with Crippen LogP contribution >= 0.6 is 0 Å². The third-order valence-electron chi connectivity index (χ3n) is 4.37. The molecule has 3 heterocycles. The minimum atomic E-state index is 0.917. The summed E-state index contributed by atoms with van der Waals surface area (Å²) in [6, 6.07) is 12.6. The topological polar surface area (TPSA) is 33.2 Å². The van der Waals surface area contributed by atoms with Gasteiger partial charge in [-0.1, -0.05) is 42.7 Å². The van der Waals surface area contributed by atoms with Crippen LogP contribution in [-0.2, 0) is 13.1 Å². The number of aryl methyl sites for hydroxylation is 3. The molecule has 0 radical (unpaired) electrons. The third-order valence-corrected chi connectivity index (χ3v) is 4.37. The zero-order chi connectivity index (χ0) is 21.8. The van der Waals surface area contributed by atoms with Crippen LogP contribution in [0.3, 0.4) is 0 Å². The van der Waals surface area contributed by atoms with Crippen molar-refractivity contribution in [1.82, 2.24) is 9.47 Å². The molecule has 0 unspecified atom stereocenters. The first-order valence-corrected chi connectivity index (χ1v) is 10.6. The van der Waals surface area contributed by atoms with Crippen LogP contribution in [0.15, 0.2) is 90.7 Å². The van der Waals surface area contributed by atoms with Gasteiger partial charge in [-0.3, -0.25) is 0 Å². The molecule has 4 rings (SSSR count). The Hall–Kier alpha value is -3.41. The second kappa shape index (κ2) is 12.2. The van der Waals surface area contributed by atoms with Crippen molar-refractivity contribution in [2.75, 3.05) is 5.12 Å². The molecule has 1 aliphatic heterocycles. The van der Waals surface area contributed by atoms with E-state index in [4.69, 9.17) is 0 Å². The molecule has 0 atom stereocenters. The molecule has 1 aliphatic rings. The van der Waals surface area contributed by atoms with Gasteiger partial charge < -0.3 is 0 Å². The molecular weight excluding hydrogens is 372 g/mol. The van der Waals surface area contributed by atoms with Gasteiger partial charge in [-0.25, -0.2) is 0 Å². The van der Waals surface area contributed by atoms with Gasteiger partial charge in [0, 0.05) is 12.1 Å². The lowest BCUT2D eigenvalue weighted by Gasteiger charge is -2.07. The average molecular weight is 407 g/mol. The second-order valence-electron chi connectivity index (χ2n) is 6.30. The van der Waals surface area contributed by atoms with Crippen LogP contribution in [0, 0.1) is 6.92 Å². The van der Waals surface area contributed by atoms with Gasteiger partial charge in [0.15, 0.2) is 12.7 Å². The molecule has 158 valence electrons. The van der Waals surface area contributed by atoms with Crippen molar-refractivity contribution in [3.8, 4) is 5.69 Å². The largest absolute Gasteiger partial charge is 0.196 e. The Morgan fingerprint density at radius 1 is 0.833 bits per heavy atom. The van der Waals surface area contributed by atoms with Gasteiger partial charge in [0.2, 0.25) is 0 Å². The van der Waals surface area contributed by atoms with E-state index in [2.05, 4.69) is 82.6 Å². The Balaban J connectivity index is 0.000000197. The summed E-state index contributed by atoms with van der Waals surface area (Å²) in [5, 5.41) is 6.03. The SMILES string of the molecule is CC.CC[n+]1cccn1-c1ccc(C)cc1.CC[n+]1cccn1N1C=CC=CC=N1. The van der Waals surface area contributed by atoms with Gasteiger partial charge >= 0.3 is 0 Å². The molecule has 0 saturated carbocycles. The third kappa shape index (κ3) is 6.04. The van der Waals surface area contributed by atoms with Crippen molar-refractivity contribution in [1.29, 1.82) is 0 Å². The van der Waals surface area contributed by atoms with Gasteiger partial charge in [0.1, 0.15) is 24.6 Å². The number of rotatable bonds is 4. The van der Waals surface area contributed by atoms with E-state index in [9.17, 15) is 0 Å². The van der Waals surface area contributed by atoms with Crippen LogP contribution in [0.5, 0.6) is 0 Å². The fraction of sp³-hybridized carbons (Fsp3) is 0.292. The molecule has 3 aromatic rings. The zero-order valence-electron chi connectivity index (χ0n) is 18.8. The predicted molar refractivity (Wildman–Crippen MR) is 123 cm³/mol. The van der Waals surface area contributed by atoms with Crippen LogP contribution in [-0.4, -0.2) is 15.7 Å². The maximum Gasteiger partial charge on any atom is 0.196 e. The molecule has 6 heteroatoms. The van der Waals surface area contributed by atoms with Gasteiger partial charge in [0.25, 0.3) is 0 Å². The maximum atomic E-state index is 4.25. The average Bonchev–Trinajstić information content (AvgIpc) is 3.39. The molecule has 0 amide bonds. The van der Waals surface area contributed by atoms with E-state index in [1.807, 2.05) is 61.5 Å². The first-order valence-electron chi connectivity index (χ1n) is 10.6. The highest BCUT2D eigenvalue weighted by atomic mass is 15.8. The first kappa shape index (κ1) is 22.9. The number of hydrogen-bond acceptors (Lipinski definition) is 2. The predicted octanol–water partition coefficient (Wildman–Crippen LogP) is 3.92. The molecule has 0 saturated heterocycles. The van der Waals surface area contributed by atoms with Crippen LogP contribution < -0.4 is 14.5 Å². The Bertz CT molecular complexity index is 944. The zero-order valence-corrected chi connectivity index (χ0v) is 18.8. The van der Waals surface area contributed by atoms with Gasteiger partial charge in [0.05, 0.1) is 18.6 Å². The summed E-state index contributed by atoms with van der Waals surface area (Å²) in [5.74, 6) is 0. The normalized spacial score (nSPS) is 12.0. The van der Waals surface area contributed by atoms with Gasteiger partial charge in [-0.2, -0.15) is 4.68 Å². The lowest BCUT2D eigenvalue weighted by Crippen LogP contribution is -2.48. The summed E-state index contributed by atoms with van der Waals surface area (Å²) in [5.41, 5.74) is 2.51. The van der Waals surface area contributed by atoms with Crippen LogP contribution in [0.1, 0.15) is 33.3 Å². The lowest BCUT2D eigenvalue weighted by atomic mass is 10.2. The molecule has 1 aromatic carbocycles. The number of allylic oxidation sites excluding steroid dienone is 3. The number of aromatic nitrogens is 4. The highest BCUT2D eigenvalue weighted by molar-refractivity contribution is 5.72. The van der Waals surface area contributed by atoms with E-state index in [1.165, 1.54) is 11.3 Å². The maximum absolute atomic E-state index is 4.25. The van der Waals surface area contributed by atoms with Crippen molar-refractivity contribution in [2.24, 2.45) is 5.10 Å². The van der Waals surface area contributed by atoms with Crippen LogP contribution in [0.2, 0.25) is 0 Å². The molecule has 0 fully saturated rings. The van der Waals surface area contributed by atoms with E-state index in [1.54, 1.807) is 11.3 Å². The quantitative estimate of drug-likeness (QED) is 0.605. The fourth-order valence-electron chi connectivity index (χ4n) is 2.88. The number of benzene rings is 1. The van der Waals surface area contributed by atoms with Gasteiger partial charge in [-0.15, -0.1) is 9.36 Å². The first-order chi connectivity index (χ1) is 14.7. The smallest absolute Gasteiger partial charge is 0.162 e. The molecule has 0 bridgehead atoms. The van der Waals surface area contributed by atoms with Crippen molar-refractivity contribution in [2.45, 2.75) is 47.7 Å².